The molecular weight excluding hydrogens is 342 g/mol. The molecule has 0 aliphatic rings. The molecule has 1 heterocycles. The number of carbonyl (C=O) groups excluding carboxylic acids is 1. The van der Waals surface area contributed by atoms with Gasteiger partial charge in [-0.15, -0.1) is 0 Å². The summed E-state index contributed by atoms with van der Waals surface area (Å²) in [5, 5.41) is 7.22. The maximum atomic E-state index is 12.0. The number of nitrogens with zero attached hydrogens (tertiary/aromatic N) is 2. The molecule has 3 aromatic rings. The molecule has 0 fully saturated rings. The van der Waals surface area contributed by atoms with Gasteiger partial charge in [0.1, 0.15) is 11.5 Å². The molecule has 0 unspecified atom stereocenters. The smallest absolute Gasteiger partial charge is 0.223 e. The molecule has 0 aliphatic carbocycles. The predicted octanol–water partition coefficient (Wildman–Crippen LogP) is 3.03. The van der Waals surface area contributed by atoms with Crippen LogP contribution >= 0.6 is 0 Å². The number of methoxy groups -OCH3 is 1. The molecule has 0 aliphatic heterocycles. The van der Waals surface area contributed by atoms with Crippen LogP contribution in [-0.2, 0) is 17.9 Å². The Morgan fingerprint density at radius 3 is 2.52 bits per heavy atom. The van der Waals surface area contributed by atoms with E-state index in [9.17, 15) is 4.79 Å². The Morgan fingerprint density at radius 2 is 1.78 bits per heavy atom. The minimum Gasteiger partial charge on any atom is -0.497 e. The molecule has 1 amide bonds. The van der Waals surface area contributed by atoms with Crippen LogP contribution in [0.1, 0.15) is 17.5 Å². The third kappa shape index (κ3) is 5.88. The fourth-order valence-corrected chi connectivity index (χ4v) is 2.58. The van der Waals surface area contributed by atoms with Gasteiger partial charge in [-0.25, -0.2) is 0 Å². The van der Waals surface area contributed by atoms with E-state index in [2.05, 4.69) is 22.5 Å². The van der Waals surface area contributed by atoms with Crippen LogP contribution in [-0.4, -0.2) is 29.4 Å². The van der Waals surface area contributed by atoms with E-state index in [0.717, 1.165) is 11.3 Å². The molecule has 6 nitrogen and oxygen atoms in total. The van der Waals surface area contributed by atoms with Gasteiger partial charge < -0.3 is 14.8 Å². The van der Waals surface area contributed by atoms with Crippen molar-refractivity contribution in [1.29, 1.82) is 0 Å². The summed E-state index contributed by atoms with van der Waals surface area (Å²) < 4.78 is 12.5. The minimum absolute atomic E-state index is 0.0562. The maximum Gasteiger partial charge on any atom is 0.223 e. The van der Waals surface area contributed by atoms with Crippen molar-refractivity contribution in [3.05, 3.63) is 78.1 Å². The van der Waals surface area contributed by atoms with Crippen LogP contribution in [0.2, 0.25) is 0 Å². The number of hydrogen-bond acceptors (Lipinski definition) is 4. The van der Waals surface area contributed by atoms with Gasteiger partial charge in [0.05, 0.1) is 32.9 Å². The normalized spacial score (nSPS) is 10.4. The fourth-order valence-electron chi connectivity index (χ4n) is 2.58. The topological polar surface area (TPSA) is 65.4 Å². The van der Waals surface area contributed by atoms with Gasteiger partial charge in [0, 0.05) is 18.3 Å². The van der Waals surface area contributed by atoms with Crippen molar-refractivity contribution >= 4 is 5.91 Å². The third-order valence-corrected chi connectivity index (χ3v) is 4.02. The lowest BCUT2D eigenvalue weighted by atomic mass is 10.2. The quantitative estimate of drug-likeness (QED) is 0.633. The van der Waals surface area contributed by atoms with Crippen LogP contribution in [0.4, 0.5) is 0 Å². The summed E-state index contributed by atoms with van der Waals surface area (Å²) in [6.07, 6.45) is 4.02. The zero-order chi connectivity index (χ0) is 18.9. The molecule has 0 saturated carbocycles. The second-order valence-electron chi connectivity index (χ2n) is 6.08. The van der Waals surface area contributed by atoms with Gasteiger partial charge in [-0.05, 0) is 29.8 Å². The summed E-state index contributed by atoms with van der Waals surface area (Å²) in [5.41, 5.74) is 2.15. The number of nitrogens with one attached hydrogen (secondary N) is 1. The fraction of sp³-hybridized carbons (Fsp3) is 0.238. The molecule has 0 radical (unpaired) electrons. The molecular formula is C21H23N3O3. The van der Waals surface area contributed by atoms with Crippen LogP contribution in [0.3, 0.4) is 0 Å². The average molecular weight is 365 g/mol. The van der Waals surface area contributed by atoms with Gasteiger partial charge in [-0.1, -0.05) is 30.3 Å². The summed E-state index contributed by atoms with van der Waals surface area (Å²) in [4.78, 5) is 12.0. The Morgan fingerprint density at radius 1 is 1.04 bits per heavy atom. The first-order chi connectivity index (χ1) is 13.2. The molecule has 2 aromatic carbocycles. The SMILES string of the molecule is COc1ccc(OCCC(=O)NCc2cnn(Cc3ccccc3)c2)cc1. The van der Waals surface area contributed by atoms with E-state index in [1.54, 1.807) is 13.3 Å². The van der Waals surface area contributed by atoms with E-state index in [1.165, 1.54) is 5.56 Å². The zero-order valence-electron chi connectivity index (χ0n) is 15.3. The van der Waals surface area contributed by atoms with Crippen LogP contribution in [0, 0.1) is 0 Å². The molecule has 1 N–H and O–H groups in total. The van der Waals surface area contributed by atoms with Gasteiger partial charge in [0.25, 0.3) is 0 Å². The first kappa shape index (κ1) is 18.5. The van der Waals surface area contributed by atoms with E-state index in [0.29, 0.717) is 31.9 Å². The van der Waals surface area contributed by atoms with Crippen molar-refractivity contribution in [2.75, 3.05) is 13.7 Å². The summed E-state index contributed by atoms with van der Waals surface area (Å²) >= 11 is 0. The summed E-state index contributed by atoms with van der Waals surface area (Å²) in [7, 11) is 1.62. The van der Waals surface area contributed by atoms with Crippen molar-refractivity contribution < 1.29 is 14.3 Å². The van der Waals surface area contributed by atoms with Gasteiger partial charge in [-0.2, -0.15) is 5.10 Å². The number of carbonyl (C=O) groups is 1. The standard InChI is InChI=1S/C21H23N3O3/c1-26-19-7-9-20(10-8-19)27-12-11-21(25)22-13-18-14-23-24(16-18)15-17-5-3-2-4-6-17/h2-10,14,16H,11-13,15H2,1H3,(H,22,25). The number of aromatic nitrogens is 2. The van der Waals surface area contributed by atoms with Crippen LogP contribution in [0.15, 0.2) is 67.0 Å². The van der Waals surface area contributed by atoms with Gasteiger partial charge >= 0.3 is 0 Å². The first-order valence-corrected chi connectivity index (χ1v) is 8.82. The van der Waals surface area contributed by atoms with E-state index in [-0.39, 0.29) is 5.91 Å². The van der Waals surface area contributed by atoms with Crippen molar-refractivity contribution in [1.82, 2.24) is 15.1 Å². The number of amides is 1. The van der Waals surface area contributed by atoms with E-state index in [4.69, 9.17) is 9.47 Å². The lowest BCUT2D eigenvalue weighted by Gasteiger charge is -2.07. The molecule has 27 heavy (non-hydrogen) atoms. The lowest BCUT2D eigenvalue weighted by molar-refractivity contribution is -0.121. The molecule has 3 rings (SSSR count). The molecule has 0 atom stereocenters. The van der Waals surface area contributed by atoms with Gasteiger partial charge in [0.15, 0.2) is 0 Å². The minimum atomic E-state index is -0.0562. The molecule has 1 aromatic heterocycles. The summed E-state index contributed by atoms with van der Waals surface area (Å²) in [6.45, 7) is 1.49. The highest BCUT2D eigenvalue weighted by Crippen LogP contribution is 2.17. The highest BCUT2D eigenvalue weighted by molar-refractivity contribution is 5.75. The zero-order valence-corrected chi connectivity index (χ0v) is 15.3. The molecule has 0 bridgehead atoms. The van der Waals surface area contributed by atoms with E-state index < -0.39 is 0 Å². The second-order valence-corrected chi connectivity index (χ2v) is 6.08. The summed E-state index contributed by atoms with van der Waals surface area (Å²) in [6, 6.07) is 17.4. The molecule has 0 spiro atoms. The lowest BCUT2D eigenvalue weighted by Crippen LogP contribution is -2.24. The van der Waals surface area contributed by atoms with E-state index >= 15 is 0 Å². The Kier molecular flexibility index (Phi) is 6.46. The second kappa shape index (κ2) is 9.43. The number of rotatable bonds is 9. The number of hydrogen-bond donors (Lipinski definition) is 1. The van der Waals surface area contributed by atoms with Gasteiger partial charge in [0.2, 0.25) is 5.91 Å². The Balaban J connectivity index is 1.37. The Bertz CT molecular complexity index is 845. The van der Waals surface area contributed by atoms with Crippen molar-refractivity contribution in [3.63, 3.8) is 0 Å². The van der Waals surface area contributed by atoms with Gasteiger partial charge in [-0.3, -0.25) is 9.48 Å². The predicted molar refractivity (Wildman–Crippen MR) is 103 cm³/mol. The largest absolute Gasteiger partial charge is 0.497 e. The van der Waals surface area contributed by atoms with E-state index in [1.807, 2.05) is 53.3 Å². The van der Waals surface area contributed by atoms with Crippen LogP contribution < -0.4 is 14.8 Å². The average Bonchev–Trinajstić information content (AvgIpc) is 3.15. The molecule has 6 heteroatoms. The maximum absolute atomic E-state index is 12.0. The van der Waals surface area contributed by atoms with Crippen molar-refractivity contribution in [3.8, 4) is 11.5 Å². The highest BCUT2D eigenvalue weighted by Gasteiger charge is 2.05. The molecule has 0 saturated heterocycles. The summed E-state index contributed by atoms with van der Waals surface area (Å²) in [5.74, 6) is 1.43. The van der Waals surface area contributed by atoms with Crippen LogP contribution in [0.25, 0.3) is 0 Å². The van der Waals surface area contributed by atoms with Crippen molar-refractivity contribution in [2.24, 2.45) is 0 Å². The highest BCUT2D eigenvalue weighted by atomic mass is 16.5. The monoisotopic (exact) mass is 365 g/mol. The number of benzene rings is 2. The third-order valence-electron chi connectivity index (χ3n) is 4.02. The Labute approximate surface area is 158 Å². The molecule has 140 valence electrons. The van der Waals surface area contributed by atoms with Crippen LogP contribution in [0.5, 0.6) is 11.5 Å². The van der Waals surface area contributed by atoms with Crippen molar-refractivity contribution in [2.45, 2.75) is 19.5 Å². The number of ether oxygens (including phenoxy) is 2. The first-order valence-electron chi connectivity index (χ1n) is 8.82. The Hall–Kier alpha value is -3.28.